The Morgan fingerprint density at radius 1 is 1.04 bits per heavy atom. The first-order valence-electron chi connectivity index (χ1n) is 9.55. The zero-order chi connectivity index (χ0) is 19.1. The molecule has 0 spiro atoms. The lowest BCUT2D eigenvalue weighted by atomic mass is 10.0. The van der Waals surface area contributed by atoms with Gasteiger partial charge in [-0.3, -0.25) is 14.5 Å². The molecule has 2 aromatic carbocycles. The summed E-state index contributed by atoms with van der Waals surface area (Å²) in [6.07, 6.45) is 3.36. The smallest absolute Gasteiger partial charge is 0.251 e. The van der Waals surface area contributed by atoms with E-state index in [2.05, 4.69) is 39.8 Å². The van der Waals surface area contributed by atoms with Gasteiger partial charge in [-0.25, -0.2) is 0 Å². The average Bonchev–Trinajstić information content (AvgIpc) is 3.20. The Hall–Kier alpha value is -2.66. The van der Waals surface area contributed by atoms with Crippen LogP contribution in [-0.4, -0.2) is 42.4 Å². The summed E-state index contributed by atoms with van der Waals surface area (Å²) in [6.45, 7) is 4.24. The van der Waals surface area contributed by atoms with Crippen LogP contribution in [0, 0.1) is 0 Å². The minimum Gasteiger partial charge on any atom is -0.350 e. The van der Waals surface area contributed by atoms with Crippen LogP contribution in [0.1, 0.15) is 35.7 Å². The minimum atomic E-state index is -0.149. The quantitative estimate of drug-likeness (QED) is 0.793. The van der Waals surface area contributed by atoms with Crippen molar-refractivity contribution in [3.63, 3.8) is 0 Å². The molecule has 142 valence electrons. The molecule has 1 saturated heterocycles. The highest BCUT2D eigenvalue weighted by atomic mass is 16.2. The van der Waals surface area contributed by atoms with Gasteiger partial charge in [0.15, 0.2) is 0 Å². The molecule has 27 heavy (non-hydrogen) atoms. The Bertz CT molecular complexity index is 770. The molecule has 3 rings (SSSR count). The number of likely N-dealkylation sites (tertiary alicyclic amines) is 1. The summed E-state index contributed by atoms with van der Waals surface area (Å²) >= 11 is 0. The van der Waals surface area contributed by atoms with Crippen molar-refractivity contribution in [3.8, 4) is 0 Å². The lowest BCUT2D eigenvalue weighted by molar-refractivity contribution is -0.114. The number of carbonyl (C=O) groups is 2. The number of nitrogens with one attached hydrogen (secondary N) is 2. The number of benzene rings is 2. The van der Waals surface area contributed by atoms with Crippen molar-refractivity contribution in [3.05, 3.63) is 65.7 Å². The molecule has 0 aromatic heterocycles. The second-order valence-electron chi connectivity index (χ2n) is 7.06. The van der Waals surface area contributed by atoms with Gasteiger partial charge >= 0.3 is 0 Å². The Labute approximate surface area is 160 Å². The van der Waals surface area contributed by atoms with Crippen molar-refractivity contribution in [2.45, 2.75) is 32.2 Å². The molecule has 0 bridgehead atoms. The van der Waals surface area contributed by atoms with Gasteiger partial charge in [-0.1, -0.05) is 36.4 Å². The summed E-state index contributed by atoms with van der Waals surface area (Å²) in [7, 11) is 0. The summed E-state index contributed by atoms with van der Waals surface area (Å²) in [6, 6.07) is 17.7. The fourth-order valence-corrected chi connectivity index (χ4v) is 3.58. The summed E-state index contributed by atoms with van der Waals surface area (Å²) in [5.74, 6) is -0.260. The third-order valence-electron chi connectivity index (χ3n) is 4.91. The van der Waals surface area contributed by atoms with E-state index in [0.717, 1.165) is 19.5 Å². The Morgan fingerprint density at radius 3 is 2.48 bits per heavy atom. The van der Waals surface area contributed by atoms with Crippen LogP contribution in [0.2, 0.25) is 0 Å². The van der Waals surface area contributed by atoms with Crippen LogP contribution in [0.4, 0.5) is 5.69 Å². The van der Waals surface area contributed by atoms with Crippen LogP contribution in [0.5, 0.6) is 0 Å². The van der Waals surface area contributed by atoms with Crippen LogP contribution >= 0.6 is 0 Å². The normalized spacial score (nSPS) is 15.3. The molecule has 5 heteroatoms. The number of amides is 2. The minimum absolute atomic E-state index is 0.112. The molecule has 0 radical (unpaired) electrons. The van der Waals surface area contributed by atoms with E-state index in [4.69, 9.17) is 0 Å². The van der Waals surface area contributed by atoms with Crippen LogP contribution in [-0.2, 0) is 11.2 Å². The monoisotopic (exact) mass is 365 g/mol. The van der Waals surface area contributed by atoms with Gasteiger partial charge in [0.05, 0.1) is 0 Å². The van der Waals surface area contributed by atoms with Crippen molar-refractivity contribution in [1.82, 2.24) is 10.2 Å². The van der Waals surface area contributed by atoms with Crippen LogP contribution in [0.25, 0.3) is 0 Å². The van der Waals surface area contributed by atoms with E-state index in [1.165, 1.54) is 25.3 Å². The maximum atomic E-state index is 12.6. The van der Waals surface area contributed by atoms with Gasteiger partial charge < -0.3 is 10.6 Å². The zero-order valence-corrected chi connectivity index (χ0v) is 15.8. The molecule has 1 atom stereocenters. The largest absolute Gasteiger partial charge is 0.350 e. The molecular formula is C22H27N3O2. The average molecular weight is 365 g/mol. The van der Waals surface area contributed by atoms with E-state index in [1.807, 2.05) is 6.07 Å². The van der Waals surface area contributed by atoms with Gasteiger partial charge in [0.25, 0.3) is 5.91 Å². The molecule has 1 unspecified atom stereocenters. The first kappa shape index (κ1) is 19.1. The van der Waals surface area contributed by atoms with E-state index >= 15 is 0 Å². The molecule has 5 nitrogen and oxygen atoms in total. The van der Waals surface area contributed by atoms with Crippen molar-refractivity contribution in [2.24, 2.45) is 0 Å². The van der Waals surface area contributed by atoms with Crippen molar-refractivity contribution >= 4 is 17.5 Å². The number of anilines is 1. The van der Waals surface area contributed by atoms with Crippen LogP contribution < -0.4 is 10.6 Å². The molecular weight excluding hydrogens is 338 g/mol. The molecule has 1 fully saturated rings. The highest BCUT2D eigenvalue weighted by Crippen LogP contribution is 2.16. The Kier molecular flexibility index (Phi) is 6.60. The number of rotatable bonds is 7. The van der Waals surface area contributed by atoms with Crippen LogP contribution in [0.15, 0.2) is 54.6 Å². The lowest BCUT2D eigenvalue weighted by Gasteiger charge is -2.28. The Morgan fingerprint density at radius 2 is 1.78 bits per heavy atom. The maximum Gasteiger partial charge on any atom is 0.251 e. The van der Waals surface area contributed by atoms with Crippen molar-refractivity contribution < 1.29 is 9.59 Å². The van der Waals surface area contributed by atoms with Gasteiger partial charge in [0.1, 0.15) is 0 Å². The third kappa shape index (κ3) is 5.66. The molecule has 1 aliphatic rings. The predicted molar refractivity (Wildman–Crippen MR) is 108 cm³/mol. The number of nitrogens with zero attached hydrogens (tertiary/aromatic N) is 1. The van der Waals surface area contributed by atoms with Gasteiger partial charge in [-0.05, 0) is 56.1 Å². The first-order valence-corrected chi connectivity index (χ1v) is 9.55. The highest BCUT2D eigenvalue weighted by Gasteiger charge is 2.23. The van der Waals surface area contributed by atoms with E-state index in [1.54, 1.807) is 24.3 Å². The molecule has 1 aliphatic heterocycles. The fraction of sp³-hybridized carbons (Fsp3) is 0.364. The summed E-state index contributed by atoms with van der Waals surface area (Å²) in [5, 5.41) is 5.80. The maximum absolute atomic E-state index is 12.6. The van der Waals surface area contributed by atoms with Gasteiger partial charge in [-0.2, -0.15) is 0 Å². The zero-order valence-electron chi connectivity index (χ0n) is 15.8. The van der Waals surface area contributed by atoms with Gasteiger partial charge in [0, 0.05) is 30.8 Å². The molecule has 0 saturated carbocycles. The second-order valence-corrected chi connectivity index (χ2v) is 7.06. The van der Waals surface area contributed by atoms with Gasteiger partial charge in [-0.15, -0.1) is 0 Å². The van der Waals surface area contributed by atoms with E-state index < -0.39 is 0 Å². The summed E-state index contributed by atoms with van der Waals surface area (Å²) in [4.78, 5) is 26.3. The van der Waals surface area contributed by atoms with Crippen molar-refractivity contribution in [2.75, 3.05) is 25.0 Å². The third-order valence-corrected chi connectivity index (χ3v) is 4.91. The van der Waals surface area contributed by atoms with Crippen molar-refractivity contribution in [1.29, 1.82) is 0 Å². The number of carbonyl (C=O) groups excluding carboxylic acids is 2. The molecule has 2 N–H and O–H groups in total. The summed E-state index contributed by atoms with van der Waals surface area (Å²) < 4.78 is 0. The SMILES string of the molecule is CC(=O)Nc1cccc(C(=O)NCC(Cc2ccccc2)N2CCCC2)c1. The van der Waals surface area contributed by atoms with E-state index in [9.17, 15) is 9.59 Å². The standard InChI is InChI=1S/C22H27N3O2/c1-17(26)24-20-11-7-10-19(15-20)22(27)23-16-21(25-12-5-6-13-25)14-18-8-3-2-4-9-18/h2-4,7-11,15,21H,5-6,12-14,16H2,1H3,(H,23,27)(H,24,26). The predicted octanol–water partition coefficient (Wildman–Crippen LogP) is 3.08. The summed E-state index contributed by atoms with van der Waals surface area (Å²) in [5.41, 5.74) is 2.48. The molecule has 0 aliphatic carbocycles. The van der Waals surface area contributed by atoms with E-state index in [0.29, 0.717) is 17.8 Å². The lowest BCUT2D eigenvalue weighted by Crippen LogP contribution is -2.44. The Balaban J connectivity index is 1.64. The number of hydrogen-bond donors (Lipinski definition) is 2. The molecule has 2 aromatic rings. The number of hydrogen-bond acceptors (Lipinski definition) is 3. The van der Waals surface area contributed by atoms with Gasteiger partial charge in [0.2, 0.25) is 5.91 Å². The molecule has 1 heterocycles. The fourth-order valence-electron chi connectivity index (χ4n) is 3.58. The van der Waals surface area contributed by atoms with Crippen LogP contribution in [0.3, 0.4) is 0 Å². The molecule has 2 amide bonds. The van der Waals surface area contributed by atoms with E-state index in [-0.39, 0.29) is 17.9 Å². The highest BCUT2D eigenvalue weighted by molar-refractivity contribution is 5.96. The second kappa shape index (κ2) is 9.33. The first-order chi connectivity index (χ1) is 13.1. The topological polar surface area (TPSA) is 61.4 Å².